The molecule has 8 heteroatoms. The third-order valence-electron chi connectivity index (χ3n) is 5.01. The number of carbonyl (C=O) groups is 1. The van der Waals surface area contributed by atoms with Crippen LogP contribution in [0.5, 0.6) is 0 Å². The van der Waals surface area contributed by atoms with Crippen LogP contribution in [0.2, 0.25) is 0 Å². The number of amides is 1. The van der Waals surface area contributed by atoms with Crippen LogP contribution in [0.1, 0.15) is 15.2 Å². The van der Waals surface area contributed by atoms with E-state index >= 15 is 0 Å². The molecule has 3 N–H and O–H groups in total. The van der Waals surface area contributed by atoms with E-state index in [-0.39, 0.29) is 5.91 Å². The van der Waals surface area contributed by atoms with Crippen LogP contribution >= 0.6 is 11.3 Å². The van der Waals surface area contributed by atoms with Gasteiger partial charge in [-0.15, -0.1) is 11.3 Å². The topological polar surface area (TPSA) is 98.7 Å². The molecule has 4 aromatic heterocycles. The molecule has 5 rings (SSSR count). The third kappa shape index (κ3) is 3.64. The number of hydrogen-bond acceptors (Lipinski definition) is 6. The summed E-state index contributed by atoms with van der Waals surface area (Å²) in [5.41, 5.74) is 10.3. The van der Waals surface area contributed by atoms with Crippen LogP contribution in [0.4, 0.5) is 11.5 Å². The minimum atomic E-state index is -0.122. The summed E-state index contributed by atoms with van der Waals surface area (Å²) in [6, 6.07) is 15.2. The minimum Gasteiger partial charge on any atom is -0.384 e. The van der Waals surface area contributed by atoms with Gasteiger partial charge >= 0.3 is 0 Å². The Balaban J connectivity index is 1.54. The molecule has 0 radical (unpaired) electrons. The second-order valence-corrected chi connectivity index (χ2v) is 8.02. The summed E-state index contributed by atoms with van der Waals surface area (Å²) < 4.78 is 1.95. The molecule has 4 heterocycles. The smallest absolute Gasteiger partial charge is 0.265 e. The molecule has 31 heavy (non-hydrogen) atoms. The number of carbonyl (C=O) groups excluding carboxylic acids is 1. The number of nitrogen functional groups attached to an aromatic ring is 1. The molecule has 0 spiro atoms. The van der Waals surface area contributed by atoms with Crippen LogP contribution in [0, 0.1) is 6.92 Å². The summed E-state index contributed by atoms with van der Waals surface area (Å²) in [5, 5.41) is 5.84. The maximum Gasteiger partial charge on any atom is 0.265 e. The Labute approximate surface area is 182 Å². The summed E-state index contributed by atoms with van der Waals surface area (Å²) in [4.78, 5) is 26.1. The van der Waals surface area contributed by atoms with Crippen LogP contribution < -0.4 is 11.1 Å². The Bertz CT molecular complexity index is 1410. The minimum absolute atomic E-state index is 0.122. The van der Waals surface area contributed by atoms with Crippen molar-refractivity contribution >= 4 is 39.7 Å². The van der Waals surface area contributed by atoms with Gasteiger partial charge in [0.25, 0.3) is 5.91 Å². The Hall–Kier alpha value is -4.04. The van der Waals surface area contributed by atoms with Crippen molar-refractivity contribution in [1.29, 1.82) is 0 Å². The number of rotatable bonds is 4. The van der Waals surface area contributed by atoms with E-state index in [0.29, 0.717) is 16.5 Å². The lowest BCUT2D eigenvalue weighted by Gasteiger charge is -2.11. The molecular weight excluding hydrogens is 408 g/mol. The number of nitrogens with one attached hydrogen (secondary N) is 1. The van der Waals surface area contributed by atoms with E-state index in [1.54, 1.807) is 12.1 Å². The van der Waals surface area contributed by atoms with E-state index in [9.17, 15) is 4.79 Å². The van der Waals surface area contributed by atoms with Crippen molar-refractivity contribution in [2.75, 3.05) is 11.1 Å². The summed E-state index contributed by atoms with van der Waals surface area (Å²) in [6.07, 6.45) is 5.22. The van der Waals surface area contributed by atoms with Gasteiger partial charge in [0.15, 0.2) is 0 Å². The number of pyridine rings is 1. The fraction of sp³-hybridized carbons (Fsp3) is 0.0435. The van der Waals surface area contributed by atoms with Crippen LogP contribution in [0.15, 0.2) is 72.6 Å². The van der Waals surface area contributed by atoms with Crippen molar-refractivity contribution in [3.8, 4) is 17.1 Å². The van der Waals surface area contributed by atoms with Crippen molar-refractivity contribution in [2.45, 2.75) is 6.92 Å². The molecule has 5 aromatic rings. The second-order valence-electron chi connectivity index (χ2n) is 7.08. The molecule has 1 aromatic carbocycles. The Morgan fingerprint density at radius 3 is 2.81 bits per heavy atom. The maximum absolute atomic E-state index is 12.4. The zero-order valence-electron chi connectivity index (χ0n) is 16.6. The number of benzene rings is 1. The average Bonchev–Trinajstić information content (AvgIpc) is 3.45. The number of anilines is 2. The zero-order valence-corrected chi connectivity index (χ0v) is 17.4. The molecular formula is C23H18N6OS. The largest absolute Gasteiger partial charge is 0.384 e. The third-order valence-corrected chi connectivity index (χ3v) is 5.88. The van der Waals surface area contributed by atoms with E-state index in [1.165, 1.54) is 17.7 Å². The lowest BCUT2D eigenvalue weighted by atomic mass is 10.0. The Morgan fingerprint density at radius 2 is 2.00 bits per heavy atom. The van der Waals surface area contributed by atoms with Gasteiger partial charge in [-0.05, 0) is 48.2 Å². The molecule has 0 atom stereocenters. The highest BCUT2D eigenvalue weighted by Gasteiger charge is 2.12. The first-order valence-corrected chi connectivity index (χ1v) is 10.5. The number of nitrogens with zero attached hydrogens (tertiary/aromatic N) is 4. The average molecular weight is 427 g/mol. The first-order chi connectivity index (χ1) is 15.1. The van der Waals surface area contributed by atoms with E-state index in [0.717, 1.165) is 33.4 Å². The Kier molecular flexibility index (Phi) is 4.68. The molecule has 7 nitrogen and oxygen atoms in total. The van der Waals surface area contributed by atoms with Crippen molar-refractivity contribution in [3.05, 3.63) is 83.1 Å². The van der Waals surface area contributed by atoms with E-state index in [2.05, 4.69) is 20.3 Å². The maximum atomic E-state index is 12.4. The van der Waals surface area contributed by atoms with Crippen molar-refractivity contribution in [1.82, 2.24) is 19.5 Å². The monoisotopic (exact) mass is 426 g/mol. The first-order valence-electron chi connectivity index (χ1n) is 9.59. The van der Waals surface area contributed by atoms with Gasteiger partial charge in [0, 0.05) is 35.1 Å². The molecule has 0 aliphatic heterocycles. The van der Waals surface area contributed by atoms with Crippen LogP contribution in [-0.4, -0.2) is 25.4 Å². The number of nitrogens with two attached hydrogens (primary N) is 1. The van der Waals surface area contributed by atoms with Gasteiger partial charge in [0.1, 0.15) is 18.0 Å². The van der Waals surface area contributed by atoms with E-state index < -0.39 is 0 Å². The highest BCUT2D eigenvalue weighted by atomic mass is 32.1. The lowest BCUT2D eigenvalue weighted by molar-refractivity contribution is 0.103. The van der Waals surface area contributed by atoms with Gasteiger partial charge in [-0.2, -0.15) is 0 Å². The van der Waals surface area contributed by atoms with Crippen LogP contribution in [0.25, 0.3) is 28.0 Å². The Morgan fingerprint density at radius 1 is 1.10 bits per heavy atom. The fourth-order valence-electron chi connectivity index (χ4n) is 3.44. The number of fused-ring (bicyclic) bond motifs is 1. The van der Waals surface area contributed by atoms with Gasteiger partial charge in [-0.25, -0.2) is 9.97 Å². The molecule has 0 aliphatic rings. The number of aryl methyl sites for hydroxylation is 1. The van der Waals surface area contributed by atoms with Crippen molar-refractivity contribution in [3.63, 3.8) is 0 Å². The second kappa shape index (κ2) is 7.66. The molecule has 0 unspecified atom stereocenters. The molecule has 1 amide bonds. The quantitative estimate of drug-likeness (QED) is 0.434. The SMILES string of the molecule is Cc1ccc(NC(=O)c2cccs2)cc1-c1cc2c(ccn2-c2cc(N)ncn2)cn1. The summed E-state index contributed by atoms with van der Waals surface area (Å²) in [5.74, 6) is 0.975. The fourth-order valence-corrected chi connectivity index (χ4v) is 4.06. The standard InChI is InChI=1S/C23H18N6OS/c1-14-4-5-16(28-23(30)20-3-2-8-31-20)9-17(14)18-10-19-15(12-25-18)6-7-29(19)22-11-21(24)26-13-27-22/h2-13H,1H3,(H,28,30)(H2,24,26,27). The van der Waals surface area contributed by atoms with Gasteiger partial charge in [0.05, 0.1) is 16.1 Å². The molecule has 152 valence electrons. The molecule has 0 fully saturated rings. The van der Waals surface area contributed by atoms with Crippen LogP contribution in [0.3, 0.4) is 0 Å². The highest BCUT2D eigenvalue weighted by molar-refractivity contribution is 7.12. The predicted octanol–water partition coefficient (Wildman–Crippen LogP) is 4.69. The first kappa shape index (κ1) is 19.0. The summed E-state index contributed by atoms with van der Waals surface area (Å²) in [7, 11) is 0. The van der Waals surface area contributed by atoms with E-state index in [4.69, 9.17) is 5.73 Å². The molecule has 0 bridgehead atoms. The van der Waals surface area contributed by atoms with Crippen molar-refractivity contribution < 1.29 is 4.79 Å². The van der Waals surface area contributed by atoms with Gasteiger partial charge in [0.2, 0.25) is 0 Å². The highest BCUT2D eigenvalue weighted by Crippen LogP contribution is 2.29. The van der Waals surface area contributed by atoms with Crippen LogP contribution in [-0.2, 0) is 0 Å². The lowest BCUT2D eigenvalue weighted by Crippen LogP contribution is -2.10. The molecule has 0 saturated heterocycles. The molecule has 0 aliphatic carbocycles. The summed E-state index contributed by atoms with van der Waals surface area (Å²) >= 11 is 1.41. The number of aromatic nitrogens is 4. The molecule has 0 saturated carbocycles. The zero-order chi connectivity index (χ0) is 21.4. The summed E-state index contributed by atoms with van der Waals surface area (Å²) in [6.45, 7) is 2.02. The van der Waals surface area contributed by atoms with Gasteiger partial charge < -0.3 is 15.6 Å². The van der Waals surface area contributed by atoms with Gasteiger partial charge in [-0.3, -0.25) is 9.78 Å². The normalized spacial score (nSPS) is 11.0. The van der Waals surface area contributed by atoms with Gasteiger partial charge in [-0.1, -0.05) is 12.1 Å². The predicted molar refractivity (Wildman–Crippen MR) is 124 cm³/mol. The number of hydrogen-bond donors (Lipinski definition) is 2. The van der Waals surface area contributed by atoms with Crippen molar-refractivity contribution in [2.24, 2.45) is 0 Å². The van der Waals surface area contributed by atoms with E-state index in [1.807, 2.05) is 65.7 Å². The number of thiophene rings is 1.